The normalized spacial score (nSPS) is 20.6. The minimum atomic E-state index is -0.605. The van der Waals surface area contributed by atoms with Crippen LogP contribution in [0.4, 0.5) is 4.79 Å². The molecule has 0 radical (unpaired) electrons. The van der Waals surface area contributed by atoms with E-state index < -0.39 is 12.3 Å². The molecule has 0 saturated carbocycles. The highest BCUT2D eigenvalue weighted by atomic mass is 35.5. The minimum Gasteiger partial charge on any atom is -0.449 e. The van der Waals surface area contributed by atoms with Gasteiger partial charge in [0.25, 0.3) is 5.91 Å². The maximum atomic E-state index is 13.2. The summed E-state index contributed by atoms with van der Waals surface area (Å²) in [4.78, 5) is 33.4. The number of piperazine rings is 1. The van der Waals surface area contributed by atoms with Crippen LogP contribution in [0, 0.1) is 5.92 Å². The van der Waals surface area contributed by atoms with Gasteiger partial charge in [-0.15, -0.1) is 0 Å². The molecular formula is C24H32ClN5O3. The molecule has 33 heavy (non-hydrogen) atoms. The van der Waals surface area contributed by atoms with Crippen molar-refractivity contribution in [1.29, 1.82) is 0 Å². The van der Waals surface area contributed by atoms with Crippen molar-refractivity contribution in [3.63, 3.8) is 0 Å². The van der Waals surface area contributed by atoms with Crippen LogP contribution in [0.2, 0.25) is 5.02 Å². The first-order valence-corrected chi connectivity index (χ1v) is 12.1. The molecule has 1 aliphatic carbocycles. The summed E-state index contributed by atoms with van der Waals surface area (Å²) in [6.07, 6.45) is 3.54. The van der Waals surface area contributed by atoms with E-state index in [0.29, 0.717) is 37.7 Å². The van der Waals surface area contributed by atoms with Gasteiger partial charge >= 0.3 is 6.09 Å². The zero-order valence-corrected chi connectivity index (χ0v) is 19.8. The predicted octanol–water partition coefficient (Wildman–Crippen LogP) is 2.93. The number of nitrogens with two attached hydrogens (primary N) is 2. The number of carbonyl (C=O) groups excluding carboxylic acids is 2. The molecule has 9 heteroatoms. The van der Waals surface area contributed by atoms with E-state index in [-0.39, 0.29) is 12.5 Å². The molecule has 178 valence electrons. The number of aromatic nitrogens is 1. The Morgan fingerprint density at radius 1 is 1.30 bits per heavy atom. The highest BCUT2D eigenvalue weighted by Crippen LogP contribution is 2.35. The number of pyridine rings is 1. The van der Waals surface area contributed by atoms with Crippen LogP contribution in [-0.2, 0) is 17.6 Å². The second-order valence-corrected chi connectivity index (χ2v) is 9.27. The van der Waals surface area contributed by atoms with Crippen LogP contribution in [0.25, 0.3) is 10.9 Å². The summed E-state index contributed by atoms with van der Waals surface area (Å²) < 4.78 is 5.18. The van der Waals surface area contributed by atoms with Gasteiger partial charge < -0.3 is 21.1 Å². The number of nitrogens with zero attached hydrogens (tertiary/aromatic N) is 3. The number of benzene rings is 1. The number of carbonyl (C=O) groups is 2. The Morgan fingerprint density at radius 2 is 2.12 bits per heavy atom. The fraction of sp³-hybridized carbons (Fsp3) is 0.542. The molecule has 1 aromatic carbocycles. The van der Waals surface area contributed by atoms with Crippen molar-refractivity contribution in [1.82, 2.24) is 14.8 Å². The third-order valence-electron chi connectivity index (χ3n) is 6.58. The maximum absolute atomic E-state index is 13.2. The summed E-state index contributed by atoms with van der Waals surface area (Å²) in [6, 6.07) is 5.48. The molecule has 0 bridgehead atoms. The van der Waals surface area contributed by atoms with E-state index >= 15 is 0 Å². The van der Waals surface area contributed by atoms with Crippen molar-refractivity contribution in [3.8, 4) is 0 Å². The molecule has 2 unspecified atom stereocenters. The zero-order valence-electron chi connectivity index (χ0n) is 19.1. The van der Waals surface area contributed by atoms with Crippen LogP contribution in [0.3, 0.4) is 0 Å². The number of hydrogen-bond donors (Lipinski definition) is 2. The van der Waals surface area contributed by atoms with Crippen LogP contribution in [-0.4, -0.2) is 65.7 Å². The second kappa shape index (κ2) is 10.2. The van der Waals surface area contributed by atoms with Crippen molar-refractivity contribution in [2.24, 2.45) is 17.4 Å². The predicted molar refractivity (Wildman–Crippen MR) is 128 cm³/mol. The van der Waals surface area contributed by atoms with E-state index in [4.69, 9.17) is 32.8 Å². The lowest BCUT2D eigenvalue weighted by atomic mass is 9.84. The summed E-state index contributed by atoms with van der Waals surface area (Å²) in [7, 11) is 0. The Bertz CT molecular complexity index is 1050. The number of amides is 2. The number of halogens is 1. The number of ether oxygens (including phenoxy) is 1. The first-order valence-electron chi connectivity index (χ1n) is 11.7. The monoisotopic (exact) mass is 473 g/mol. The van der Waals surface area contributed by atoms with Gasteiger partial charge in [0, 0.05) is 29.7 Å². The van der Waals surface area contributed by atoms with Gasteiger partial charge in [0.05, 0.1) is 23.7 Å². The number of hydrogen-bond acceptors (Lipinski definition) is 6. The molecule has 1 aliphatic heterocycles. The Hall–Kier alpha value is -2.42. The van der Waals surface area contributed by atoms with E-state index in [0.717, 1.165) is 59.3 Å². The van der Waals surface area contributed by atoms with Gasteiger partial charge in [-0.3, -0.25) is 14.7 Å². The summed E-state index contributed by atoms with van der Waals surface area (Å²) in [5.41, 5.74) is 15.3. The average molecular weight is 474 g/mol. The molecule has 4 rings (SSSR count). The van der Waals surface area contributed by atoms with Crippen LogP contribution < -0.4 is 11.5 Å². The molecular weight excluding hydrogens is 442 g/mol. The Balaban J connectivity index is 1.52. The fourth-order valence-corrected chi connectivity index (χ4v) is 5.11. The SMILES string of the molecule is CCCOC(=O)N1CCN(C(=O)c2ccc3c(Cl)c4c(nc3c2)CC(CCN)CC4)CC1N. The summed E-state index contributed by atoms with van der Waals surface area (Å²) in [5, 5.41) is 1.60. The van der Waals surface area contributed by atoms with Gasteiger partial charge in [-0.05, 0) is 62.3 Å². The standard InChI is InChI=1S/C24H32ClN5O3/c1-2-11-33-24(32)30-10-9-29(14-21(30)27)23(31)16-4-6-18-20(13-16)28-19-12-15(7-8-26)3-5-17(19)22(18)25/h4,6,13,15,21H,2-3,5,7-12,14,26-27H2,1H3. The van der Waals surface area contributed by atoms with Crippen LogP contribution in [0.15, 0.2) is 18.2 Å². The maximum Gasteiger partial charge on any atom is 0.411 e. The molecule has 2 aromatic rings. The van der Waals surface area contributed by atoms with Crippen molar-refractivity contribution < 1.29 is 14.3 Å². The molecule has 2 aliphatic rings. The van der Waals surface area contributed by atoms with Gasteiger partial charge in [0.2, 0.25) is 0 Å². The third-order valence-corrected chi connectivity index (χ3v) is 7.01. The highest BCUT2D eigenvalue weighted by Gasteiger charge is 2.32. The quantitative estimate of drug-likeness (QED) is 0.689. The Morgan fingerprint density at radius 3 is 2.85 bits per heavy atom. The van der Waals surface area contributed by atoms with Crippen molar-refractivity contribution in [2.75, 3.05) is 32.8 Å². The van der Waals surface area contributed by atoms with Crippen molar-refractivity contribution in [3.05, 3.63) is 40.0 Å². The smallest absolute Gasteiger partial charge is 0.411 e. The van der Waals surface area contributed by atoms with Crippen LogP contribution >= 0.6 is 11.6 Å². The first-order chi connectivity index (χ1) is 15.9. The van der Waals surface area contributed by atoms with Gasteiger partial charge in [0.15, 0.2) is 0 Å². The van der Waals surface area contributed by atoms with E-state index in [1.54, 1.807) is 11.0 Å². The molecule has 0 spiro atoms. The van der Waals surface area contributed by atoms with Gasteiger partial charge in [-0.1, -0.05) is 24.6 Å². The van der Waals surface area contributed by atoms with Crippen LogP contribution in [0.1, 0.15) is 47.8 Å². The molecule has 8 nitrogen and oxygen atoms in total. The molecule has 2 atom stereocenters. The molecule has 4 N–H and O–H groups in total. The number of fused-ring (bicyclic) bond motifs is 2. The topological polar surface area (TPSA) is 115 Å². The Kier molecular flexibility index (Phi) is 7.36. The second-order valence-electron chi connectivity index (χ2n) is 8.90. The molecule has 1 saturated heterocycles. The number of rotatable bonds is 5. The largest absolute Gasteiger partial charge is 0.449 e. The lowest BCUT2D eigenvalue weighted by Gasteiger charge is -2.38. The molecule has 1 aromatic heterocycles. The minimum absolute atomic E-state index is 0.134. The van der Waals surface area contributed by atoms with Gasteiger partial charge in [-0.2, -0.15) is 0 Å². The lowest BCUT2D eigenvalue weighted by Crippen LogP contribution is -2.60. The van der Waals surface area contributed by atoms with Gasteiger partial charge in [0.1, 0.15) is 6.17 Å². The van der Waals surface area contributed by atoms with E-state index in [9.17, 15) is 9.59 Å². The van der Waals surface area contributed by atoms with Crippen molar-refractivity contribution in [2.45, 2.75) is 45.2 Å². The van der Waals surface area contributed by atoms with Crippen LogP contribution in [0.5, 0.6) is 0 Å². The van der Waals surface area contributed by atoms with E-state index in [1.165, 1.54) is 4.90 Å². The summed E-state index contributed by atoms with van der Waals surface area (Å²) in [6.45, 7) is 3.94. The zero-order chi connectivity index (χ0) is 23.5. The molecule has 2 heterocycles. The lowest BCUT2D eigenvalue weighted by molar-refractivity contribution is 0.0390. The van der Waals surface area contributed by atoms with Crippen molar-refractivity contribution >= 4 is 34.5 Å². The Labute approximate surface area is 199 Å². The fourth-order valence-electron chi connectivity index (χ4n) is 4.75. The third kappa shape index (κ3) is 4.93. The molecule has 2 amide bonds. The first kappa shape index (κ1) is 23.7. The average Bonchev–Trinajstić information content (AvgIpc) is 2.82. The van der Waals surface area contributed by atoms with Gasteiger partial charge in [-0.25, -0.2) is 4.79 Å². The summed E-state index contributed by atoms with van der Waals surface area (Å²) in [5.74, 6) is 0.390. The summed E-state index contributed by atoms with van der Waals surface area (Å²) >= 11 is 6.74. The highest BCUT2D eigenvalue weighted by molar-refractivity contribution is 6.36. The van der Waals surface area contributed by atoms with E-state index in [1.807, 2.05) is 19.1 Å². The molecule has 1 fully saturated rings. The van der Waals surface area contributed by atoms with E-state index in [2.05, 4.69) is 0 Å².